The van der Waals surface area contributed by atoms with Crippen LogP contribution in [0.25, 0.3) is 0 Å². The van der Waals surface area contributed by atoms with Gasteiger partial charge >= 0.3 is 71.1 Å². The Kier molecular flexibility index (Phi) is 19.4. The van der Waals surface area contributed by atoms with Gasteiger partial charge in [0, 0.05) is 0 Å². The molecule has 0 amide bonds. The van der Waals surface area contributed by atoms with E-state index in [4.69, 9.17) is 30.0 Å². The van der Waals surface area contributed by atoms with Crippen molar-refractivity contribution in [3.05, 3.63) is 0 Å². The maximum absolute atomic E-state index is 9.63. The van der Waals surface area contributed by atoms with Crippen LogP contribution in [-0.2, 0) is 19.2 Å². The second kappa shape index (κ2) is 13.2. The molecule has 2 atom stereocenters. The normalized spacial score (nSPS) is 11.2. The zero-order valence-corrected chi connectivity index (χ0v) is 13.4. The van der Waals surface area contributed by atoms with Crippen LogP contribution in [0.4, 0.5) is 0 Å². The van der Waals surface area contributed by atoms with Crippen LogP contribution in [0.2, 0.25) is 0 Å². The van der Waals surface area contributed by atoms with E-state index in [2.05, 4.69) is 0 Å². The minimum atomic E-state index is -2.44. The molecule has 0 aliphatic rings. The molecule has 0 aliphatic carbocycles. The molecule has 0 saturated heterocycles. The zero-order chi connectivity index (χ0) is 13.5. The molecule has 12 heteroatoms. The van der Waals surface area contributed by atoms with Crippen LogP contribution in [-0.4, -0.2) is 56.5 Å². The van der Waals surface area contributed by atoms with E-state index >= 15 is 0 Å². The average molecular weight is 284 g/mol. The Morgan fingerprint density at radius 2 is 0.889 bits per heavy atom. The van der Waals surface area contributed by atoms with Crippen molar-refractivity contribution in [1.29, 1.82) is 0 Å². The fourth-order valence-corrected chi connectivity index (χ4v) is 0.258. The first-order chi connectivity index (χ1) is 7.11. The smallest absolute Gasteiger partial charge is 0.547 e. The summed E-state index contributed by atoms with van der Waals surface area (Å²) < 4.78 is 0. The van der Waals surface area contributed by atoms with Crippen molar-refractivity contribution in [2.45, 2.75) is 12.2 Å². The summed E-state index contributed by atoms with van der Waals surface area (Å²) in [6, 6.07) is 0. The molecule has 4 N–H and O–H groups in total. The van der Waals surface area contributed by atoms with Crippen molar-refractivity contribution < 1.29 is 109 Å². The van der Waals surface area contributed by atoms with E-state index in [-0.39, 0.29) is 59.1 Å². The number of hydrogen-bond acceptors (Lipinski definition) is 8. The number of rotatable bonds is 3. The molecule has 0 aliphatic heterocycles. The molecule has 0 radical (unpaired) electrons. The molecule has 0 rings (SSSR count). The molecule has 10 nitrogen and oxygen atoms in total. The maximum atomic E-state index is 9.63. The molecule has 0 aromatic heterocycles. The van der Waals surface area contributed by atoms with Gasteiger partial charge in [-0.05, 0) is 0 Å². The van der Waals surface area contributed by atoms with E-state index < -0.39 is 36.1 Å². The number of carboxylic acids is 4. The third-order valence-electron chi connectivity index (χ3n) is 0.965. The van der Waals surface area contributed by atoms with Crippen molar-refractivity contribution in [1.82, 2.24) is 0 Å². The van der Waals surface area contributed by atoms with Crippen LogP contribution in [0.1, 0.15) is 0 Å². The Morgan fingerprint density at radius 1 is 0.722 bits per heavy atom. The molecule has 0 spiro atoms. The first-order valence-electron chi connectivity index (χ1n) is 3.35. The van der Waals surface area contributed by atoms with E-state index in [1.54, 1.807) is 0 Å². The average Bonchev–Trinajstić information content (AvgIpc) is 2.15. The number of hydrogen-bond donors (Lipinski definition) is 4. The van der Waals surface area contributed by atoms with Crippen LogP contribution >= 0.6 is 0 Å². The standard InChI is InChI=1S/C4H6O6.C2H2O4.2Na/c5-1(3(7)8)2(6)4(9)10;3-1(4)2(5)6;;/h1-2,5-6H,(H,7,8)(H,9,10);(H,3,4)(H,5,6);;/q;;2*+1/p-2. The van der Waals surface area contributed by atoms with Crippen molar-refractivity contribution in [2.75, 3.05) is 0 Å². The molecule has 0 aromatic carbocycles. The molecule has 0 bridgehead atoms. The molecule has 2 unspecified atom stereocenters. The van der Waals surface area contributed by atoms with Gasteiger partial charge in [-0.3, -0.25) is 0 Å². The van der Waals surface area contributed by atoms with E-state index in [0.717, 1.165) is 0 Å². The molecule has 18 heavy (non-hydrogen) atoms. The summed E-state index contributed by atoms with van der Waals surface area (Å²) in [5.41, 5.74) is 0. The molecular formula is C6H6Na2O10. The van der Waals surface area contributed by atoms with Crippen LogP contribution in [0.5, 0.6) is 0 Å². The van der Waals surface area contributed by atoms with Crippen molar-refractivity contribution in [3.63, 3.8) is 0 Å². The minimum absolute atomic E-state index is 0. The topological polar surface area (TPSA) is 195 Å². The van der Waals surface area contributed by atoms with Crippen LogP contribution in [0.15, 0.2) is 0 Å². The quantitative estimate of drug-likeness (QED) is 0.285. The largest absolute Gasteiger partial charge is 1.00 e. The number of carboxylic acid groups (broad SMARTS) is 4. The van der Waals surface area contributed by atoms with Crippen molar-refractivity contribution in [2.24, 2.45) is 0 Å². The summed E-state index contributed by atoms with van der Waals surface area (Å²) >= 11 is 0. The minimum Gasteiger partial charge on any atom is -0.547 e. The Bertz CT molecular complexity index is 273. The molecule has 92 valence electrons. The first kappa shape index (κ1) is 26.4. The third-order valence-corrected chi connectivity index (χ3v) is 0.965. The van der Waals surface area contributed by atoms with E-state index in [1.807, 2.05) is 0 Å². The zero-order valence-electron chi connectivity index (χ0n) is 9.39. The van der Waals surface area contributed by atoms with Crippen LogP contribution < -0.4 is 69.3 Å². The monoisotopic (exact) mass is 284 g/mol. The molecule has 0 fully saturated rings. The summed E-state index contributed by atoms with van der Waals surface area (Å²) in [4.78, 5) is 37.5. The van der Waals surface area contributed by atoms with Crippen molar-refractivity contribution >= 4 is 23.9 Å². The second-order valence-corrected chi connectivity index (χ2v) is 2.14. The number of aliphatic carboxylic acids is 4. The van der Waals surface area contributed by atoms with Gasteiger partial charge in [0.1, 0.15) is 12.2 Å². The van der Waals surface area contributed by atoms with E-state index in [0.29, 0.717) is 0 Å². The van der Waals surface area contributed by atoms with Gasteiger partial charge in [0.15, 0.2) is 0 Å². The van der Waals surface area contributed by atoms with Gasteiger partial charge in [0.05, 0.1) is 11.9 Å². The van der Waals surface area contributed by atoms with Crippen LogP contribution in [0.3, 0.4) is 0 Å². The molecule has 0 heterocycles. The van der Waals surface area contributed by atoms with E-state index in [1.165, 1.54) is 0 Å². The molecule has 0 aromatic rings. The number of aliphatic hydroxyl groups excluding tert-OH is 2. The summed E-state index contributed by atoms with van der Waals surface area (Å²) in [5, 5.41) is 50.5. The number of carbonyl (C=O) groups excluding carboxylic acids is 2. The predicted molar refractivity (Wildman–Crippen MR) is 37.3 cm³/mol. The van der Waals surface area contributed by atoms with Gasteiger partial charge in [-0.25, -0.2) is 9.59 Å². The Hall–Kier alpha value is -0.200. The predicted octanol–water partition coefficient (Wildman–Crippen LogP) is -11.6. The first-order valence-corrected chi connectivity index (χ1v) is 3.35. The Balaban J connectivity index is -0.000000108. The van der Waals surface area contributed by atoms with Gasteiger partial charge in [-0.2, -0.15) is 0 Å². The van der Waals surface area contributed by atoms with Gasteiger partial charge in [-0.1, -0.05) is 0 Å². The molecular weight excluding hydrogens is 278 g/mol. The Morgan fingerprint density at radius 3 is 0.944 bits per heavy atom. The fraction of sp³-hybridized carbons (Fsp3) is 0.333. The van der Waals surface area contributed by atoms with E-state index in [9.17, 15) is 19.8 Å². The van der Waals surface area contributed by atoms with Gasteiger partial charge < -0.3 is 40.2 Å². The SMILES string of the molecule is O=C(O)C(=O)O.O=C([O-])C(O)C(O)C(=O)[O-].[Na+].[Na+]. The van der Waals surface area contributed by atoms with Crippen molar-refractivity contribution in [3.8, 4) is 0 Å². The summed E-state index contributed by atoms with van der Waals surface area (Å²) in [6.45, 7) is 0. The summed E-state index contributed by atoms with van der Waals surface area (Å²) in [7, 11) is 0. The summed E-state index contributed by atoms with van der Waals surface area (Å²) in [6.07, 6.45) is -4.88. The number of carbonyl (C=O) groups is 4. The Labute approximate surface area is 144 Å². The number of aliphatic hydroxyl groups is 2. The van der Waals surface area contributed by atoms with Gasteiger partial charge in [-0.15, -0.1) is 0 Å². The fourth-order valence-electron chi connectivity index (χ4n) is 0.258. The second-order valence-electron chi connectivity index (χ2n) is 2.14. The summed E-state index contributed by atoms with van der Waals surface area (Å²) in [5.74, 6) is -7.77. The third kappa shape index (κ3) is 13.9. The molecule has 0 saturated carbocycles. The van der Waals surface area contributed by atoms with Crippen LogP contribution in [0, 0.1) is 0 Å². The van der Waals surface area contributed by atoms with Gasteiger partial charge in [0.2, 0.25) is 0 Å². The van der Waals surface area contributed by atoms with Gasteiger partial charge in [0.25, 0.3) is 0 Å². The maximum Gasteiger partial charge on any atom is 1.00 e.